The molecule has 6 nitrogen and oxygen atoms in total. The van der Waals surface area contributed by atoms with Gasteiger partial charge in [-0.05, 0) is 38.8 Å². The summed E-state index contributed by atoms with van der Waals surface area (Å²) in [7, 11) is 10.5. The van der Waals surface area contributed by atoms with Crippen molar-refractivity contribution in [3.8, 4) is 0 Å². The third kappa shape index (κ3) is 5.56. The van der Waals surface area contributed by atoms with Gasteiger partial charge in [-0.25, -0.2) is 0 Å². The summed E-state index contributed by atoms with van der Waals surface area (Å²) in [6.45, 7) is 7.78. The minimum Gasteiger partial charge on any atom is -0.375 e. The molecule has 0 N–H and O–H groups in total. The van der Waals surface area contributed by atoms with Crippen LogP contribution in [-0.4, -0.2) is 112 Å². The summed E-state index contributed by atoms with van der Waals surface area (Å²) in [5, 5.41) is 0. The molecule has 1 aliphatic carbocycles. The van der Waals surface area contributed by atoms with E-state index in [0.717, 1.165) is 32.0 Å². The Bertz CT molecular complexity index is 611. The van der Waals surface area contributed by atoms with Crippen LogP contribution in [0.4, 0.5) is 0 Å². The molecule has 0 spiro atoms. The van der Waals surface area contributed by atoms with Gasteiger partial charge in [0.05, 0.1) is 11.4 Å². The first-order valence-corrected chi connectivity index (χ1v) is 11.2. The van der Waals surface area contributed by atoms with Crippen LogP contribution in [0.3, 0.4) is 0 Å². The molecule has 29 heavy (non-hydrogen) atoms. The Kier molecular flexibility index (Phi) is 8.04. The molecule has 0 amide bonds. The fourth-order valence-electron chi connectivity index (χ4n) is 4.86. The van der Waals surface area contributed by atoms with Crippen molar-refractivity contribution in [1.82, 2.24) is 24.5 Å². The zero-order valence-corrected chi connectivity index (χ0v) is 19.2. The molecule has 0 radical (unpaired) electrons. The van der Waals surface area contributed by atoms with E-state index >= 15 is 0 Å². The first-order chi connectivity index (χ1) is 14.0. The SMILES string of the molecule is COCN(C)/C1=C(N(C)C)/C(N2CCCN(C3CN(C)C3)CCC2)=C\C=CCC1. The van der Waals surface area contributed by atoms with E-state index in [-0.39, 0.29) is 0 Å². The van der Waals surface area contributed by atoms with Crippen molar-refractivity contribution in [1.29, 1.82) is 0 Å². The highest BCUT2D eigenvalue weighted by molar-refractivity contribution is 5.37. The molecular weight excluding hydrogens is 362 g/mol. The quantitative estimate of drug-likeness (QED) is 0.631. The molecule has 0 aromatic heterocycles. The molecule has 3 rings (SSSR count). The molecule has 0 unspecified atom stereocenters. The van der Waals surface area contributed by atoms with Gasteiger partial charge in [0.15, 0.2) is 0 Å². The van der Waals surface area contributed by atoms with Crippen LogP contribution in [0.15, 0.2) is 35.3 Å². The van der Waals surface area contributed by atoms with Gasteiger partial charge in [-0.1, -0.05) is 12.2 Å². The largest absolute Gasteiger partial charge is 0.375 e. The first-order valence-electron chi connectivity index (χ1n) is 11.2. The second kappa shape index (κ2) is 10.5. The van der Waals surface area contributed by atoms with Gasteiger partial charge >= 0.3 is 0 Å². The summed E-state index contributed by atoms with van der Waals surface area (Å²) in [6, 6.07) is 0.779. The number of hydrogen-bond donors (Lipinski definition) is 0. The lowest BCUT2D eigenvalue weighted by Gasteiger charge is -2.45. The Morgan fingerprint density at radius 1 is 1.07 bits per heavy atom. The van der Waals surface area contributed by atoms with Crippen molar-refractivity contribution >= 4 is 0 Å². The van der Waals surface area contributed by atoms with Gasteiger partial charge in [0.25, 0.3) is 0 Å². The van der Waals surface area contributed by atoms with Gasteiger partial charge in [0.2, 0.25) is 0 Å². The number of allylic oxidation sites excluding steroid dienone is 4. The fourth-order valence-corrected chi connectivity index (χ4v) is 4.86. The highest BCUT2D eigenvalue weighted by Crippen LogP contribution is 2.29. The third-order valence-electron chi connectivity index (χ3n) is 6.33. The number of likely N-dealkylation sites (tertiary alicyclic amines) is 1. The van der Waals surface area contributed by atoms with E-state index in [1.165, 1.54) is 56.1 Å². The number of likely N-dealkylation sites (N-methyl/N-ethyl adjacent to an activating group) is 2. The Morgan fingerprint density at radius 3 is 2.34 bits per heavy atom. The molecule has 2 saturated heterocycles. The van der Waals surface area contributed by atoms with Gasteiger partial charge in [0.1, 0.15) is 6.73 Å². The maximum absolute atomic E-state index is 5.45. The van der Waals surface area contributed by atoms with Gasteiger partial charge < -0.3 is 24.3 Å². The maximum atomic E-state index is 5.45. The summed E-state index contributed by atoms with van der Waals surface area (Å²) >= 11 is 0. The molecule has 0 aromatic carbocycles. The molecule has 0 saturated carbocycles. The number of hydrogen-bond acceptors (Lipinski definition) is 6. The Morgan fingerprint density at radius 2 is 1.76 bits per heavy atom. The molecule has 2 heterocycles. The minimum atomic E-state index is 0.620. The van der Waals surface area contributed by atoms with E-state index < -0.39 is 0 Å². The van der Waals surface area contributed by atoms with E-state index in [1.54, 1.807) is 7.11 Å². The summed E-state index contributed by atoms with van der Waals surface area (Å²) < 4.78 is 5.45. The molecule has 6 heteroatoms. The normalized spacial score (nSPS) is 27.3. The molecule has 164 valence electrons. The molecular formula is C23H41N5O. The number of rotatable bonds is 6. The zero-order valence-electron chi connectivity index (χ0n) is 19.2. The van der Waals surface area contributed by atoms with Gasteiger partial charge in [-0.15, -0.1) is 0 Å². The third-order valence-corrected chi connectivity index (χ3v) is 6.33. The van der Waals surface area contributed by atoms with Crippen molar-refractivity contribution in [2.45, 2.75) is 31.7 Å². The van der Waals surface area contributed by atoms with Gasteiger partial charge in [-0.3, -0.25) is 4.90 Å². The highest BCUT2D eigenvalue weighted by atomic mass is 16.5. The fraction of sp³-hybridized carbons (Fsp3) is 0.739. The molecule has 0 aromatic rings. The molecule has 2 fully saturated rings. The first kappa shape index (κ1) is 22.2. The van der Waals surface area contributed by atoms with Crippen LogP contribution >= 0.6 is 0 Å². The Balaban J connectivity index is 1.77. The molecule has 2 aliphatic heterocycles. The second-order valence-electron chi connectivity index (χ2n) is 8.93. The standard InChI is InChI=1S/C23H41N5O/c1-24(2)23-21(26(4)19-29-5)11-7-6-8-12-22(23)28-15-9-13-27(14-10-16-28)20-17-25(3)18-20/h6,8,12,20H,7,9-11,13-19H2,1-5H3/b8-6?,22-12+,23-21-. The summed E-state index contributed by atoms with van der Waals surface area (Å²) in [5.74, 6) is 0. The monoisotopic (exact) mass is 403 g/mol. The van der Waals surface area contributed by atoms with Crippen LogP contribution in [0, 0.1) is 0 Å². The van der Waals surface area contributed by atoms with Crippen LogP contribution < -0.4 is 0 Å². The van der Waals surface area contributed by atoms with Gasteiger partial charge in [-0.2, -0.15) is 0 Å². The van der Waals surface area contributed by atoms with Crippen LogP contribution in [0.25, 0.3) is 0 Å². The van der Waals surface area contributed by atoms with Gasteiger partial charge in [0, 0.05) is 79.3 Å². The predicted molar refractivity (Wildman–Crippen MR) is 120 cm³/mol. The van der Waals surface area contributed by atoms with Crippen LogP contribution in [0.5, 0.6) is 0 Å². The summed E-state index contributed by atoms with van der Waals surface area (Å²) in [4.78, 5) is 12.3. The lowest BCUT2D eigenvalue weighted by atomic mass is 10.0. The smallest absolute Gasteiger partial charge is 0.118 e. The van der Waals surface area contributed by atoms with E-state index in [0.29, 0.717) is 6.73 Å². The van der Waals surface area contributed by atoms with Crippen molar-refractivity contribution in [2.75, 3.05) is 81.3 Å². The minimum absolute atomic E-state index is 0.620. The number of methoxy groups -OCH3 is 1. The Labute approximate surface area is 178 Å². The van der Waals surface area contributed by atoms with Crippen molar-refractivity contribution in [2.24, 2.45) is 0 Å². The van der Waals surface area contributed by atoms with Crippen LogP contribution in [0.2, 0.25) is 0 Å². The van der Waals surface area contributed by atoms with Crippen molar-refractivity contribution < 1.29 is 4.74 Å². The maximum Gasteiger partial charge on any atom is 0.118 e. The topological polar surface area (TPSA) is 25.4 Å². The van der Waals surface area contributed by atoms with E-state index in [1.807, 2.05) is 0 Å². The second-order valence-corrected chi connectivity index (χ2v) is 8.93. The summed E-state index contributed by atoms with van der Waals surface area (Å²) in [5.41, 5.74) is 4.07. The highest BCUT2D eigenvalue weighted by Gasteiger charge is 2.30. The van der Waals surface area contributed by atoms with E-state index in [9.17, 15) is 0 Å². The number of ether oxygens (including phenoxy) is 1. The summed E-state index contributed by atoms with van der Waals surface area (Å²) in [6.07, 6.45) is 11.4. The van der Waals surface area contributed by atoms with Crippen LogP contribution in [0.1, 0.15) is 25.7 Å². The van der Waals surface area contributed by atoms with E-state index in [2.05, 4.69) is 70.9 Å². The van der Waals surface area contributed by atoms with E-state index in [4.69, 9.17) is 4.74 Å². The average molecular weight is 404 g/mol. The average Bonchev–Trinajstić information content (AvgIpc) is 2.60. The zero-order chi connectivity index (χ0) is 20.8. The lowest BCUT2D eigenvalue weighted by molar-refractivity contribution is 0.0424. The molecule has 0 bridgehead atoms. The van der Waals surface area contributed by atoms with Crippen molar-refractivity contribution in [3.63, 3.8) is 0 Å². The predicted octanol–water partition coefficient (Wildman–Crippen LogP) is 2.24. The molecule has 3 aliphatic rings. The molecule has 0 atom stereocenters. The van der Waals surface area contributed by atoms with Crippen molar-refractivity contribution in [3.05, 3.63) is 35.3 Å². The Hall–Kier alpha value is -1.50. The number of nitrogens with zero attached hydrogens (tertiary/aromatic N) is 5. The van der Waals surface area contributed by atoms with Crippen LogP contribution in [-0.2, 0) is 4.74 Å². The lowest BCUT2D eigenvalue weighted by Crippen LogP contribution is -2.58.